The second-order valence-electron chi connectivity index (χ2n) is 3.83. The van der Waals surface area contributed by atoms with E-state index in [2.05, 4.69) is 16.0 Å². The van der Waals surface area contributed by atoms with Gasteiger partial charge in [-0.1, -0.05) is 6.92 Å². The lowest BCUT2D eigenvalue weighted by molar-refractivity contribution is -0.120. The van der Waals surface area contributed by atoms with E-state index in [-0.39, 0.29) is 5.91 Å². The van der Waals surface area contributed by atoms with Gasteiger partial charge in [0.2, 0.25) is 5.91 Å². The van der Waals surface area contributed by atoms with E-state index in [0.717, 1.165) is 39.1 Å². The molecule has 0 aromatic carbocycles. The minimum atomic E-state index is 0.0588. The third-order valence-electron chi connectivity index (χ3n) is 2.16. The molecule has 5 nitrogen and oxygen atoms in total. The number of rotatable bonds is 10. The third-order valence-corrected chi connectivity index (χ3v) is 2.45. The Morgan fingerprint density at radius 3 is 2.50 bits per heavy atom. The number of nitrogens with one attached hydrogen (secondary N) is 3. The average molecular weight is 275 g/mol. The van der Waals surface area contributed by atoms with Crippen molar-refractivity contribution >= 4 is 23.2 Å². The van der Waals surface area contributed by atoms with E-state index >= 15 is 0 Å². The smallest absolute Gasteiger partial charge is 0.221 e. The maximum atomic E-state index is 11.3. The minimum absolute atomic E-state index is 0.0588. The molecule has 0 aliphatic rings. The van der Waals surface area contributed by atoms with Gasteiger partial charge in [-0.15, -0.1) is 0 Å². The monoisotopic (exact) mass is 275 g/mol. The summed E-state index contributed by atoms with van der Waals surface area (Å²) in [6.07, 6.45) is 2.33. The molecular weight excluding hydrogens is 250 g/mol. The van der Waals surface area contributed by atoms with Gasteiger partial charge in [0.25, 0.3) is 0 Å². The lowest BCUT2D eigenvalue weighted by Gasteiger charge is -2.10. The molecule has 0 heterocycles. The number of carbonyl (C=O) groups is 1. The summed E-state index contributed by atoms with van der Waals surface area (Å²) in [5.74, 6) is 0.0588. The van der Waals surface area contributed by atoms with Crippen molar-refractivity contribution in [2.75, 3.05) is 32.8 Å². The predicted molar refractivity (Wildman–Crippen MR) is 77.6 cm³/mol. The fraction of sp³-hybridized carbons (Fsp3) is 0.833. The second kappa shape index (κ2) is 12.6. The fourth-order valence-corrected chi connectivity index (χ4v) is 1.43. The Morgan fingerprint density at radius 2 is 1.83 bits per heavy atom. The molecule has 0 aliphatic heterocycles. The molecule has 0 unspecified atom stereocenters. The zero-order chi connectivity index (χ0) is 13.6. The van der Waals surface area contributed by atoms with Crippen molar-refractivity contribution in [3.8, 4) is 0 Å². The molecule has 18 heavy (non-hydrogen) atoms. The van der Waals surface area contributed by atoms with E-state index in [4.69, 9.17) is 17.0 Å². The van der Waals surface area contributed by atoms with Crippen molar-refractivity contribution < 1.29 is 9.53 Å². The summed E-state index contributed by atoms with van der Waals surface area (Å²) in [5, 5.41) is 9.47. The molecule has 3 N–H and O–H groups in total. The molecule has 106 valence electrons. The minimum Gasteiger partial charge on any atom is -0.382 e. The van der Waals surface area contributed by atoms with Crippen molar-refractivity contribution in [1.29, 1.82) is 0 Å². The van der Waals surface area contributed by atoms with E-state index in [9.17, 15) is 4.79 Å². The lowest BCUT2D eigenvalue weighted by Crippen LogP contribution is -2.38. The van der Waals surface area contributed by atoms with Gasteiger partial charge in [0.05, 0.1) is 0 Å². The Morgan fingerprint density at radius 1 is 1.11 bits per heavy atom. The quantitative estimate of drug-likeness (QED) is 0.406. The van der Waals surface area contributed by atoms with Gasteiger partial charge in [0, 0.05) is 39.3 Å². The highest BCUT2D eigenvalue weighted by molar-refractivity contribution is 7.80. The van der Waals surface area contributed by atoms with Crippen LogP contribution in [0, 0.1) is 0 Å². The van der Waals surface area contributed by atoms with Gasteiger partial charge >= 0.3 is 0 Å². The Hall–Kier alpha value is -0.880. The first-order chi connectivity index (χ1) is 8.70. The molecule has 0 radical (unpaired) electrons. The number of hydrogen-bond donors (Lipinski definition) is 3. The third kappa shape index (κ3) is 11.6. The molecule has 0 saturated carbocycles. The first-order valence-electron chi connectivity index (χ1n) is 6.56. The van der Waals surface area contributed by atoms with Crippen molar-refractivity contribution in [2.24, 2.45) is 0 Å². The SMILES string of the molecule is CCCNC(=O)CCNC(=S)NCCCOCC. The number of thiocarbonyl (C=S) groups is 1. The molecule has 0 spiro atoms. The molecular formula is C12H25N3O2S. The van der Waals surface area contributed by atoms with E-state index in [1.54, 1.807) is 0 Å². The first kappa shape index (κ1) is 17.1. The zero-order valence-corrected chi connectivity index (χ0v) is 12.2. The number of ether oxygens (including phenoxy) is 1. The normalized spacial score (nSPS) is 9.89. The Kier molecular flexibility index (Phi) is 12.0. The second-order valence-corrected chi connectivity index (χ2v) is 4.24. The van der Waals surface area contributed by atoms with Crippen LogP contribution in [-0.4, -0.2) is 43.9 Å². The van der Waals surface area contributed by atoms with Gasteiger partial charge in [-0.2, -0.15) is 0 Å². The summed E-state index contributed by atoms with van der Waals surface area (Å²) in [7, 11) is 0. The van der Waals surface area contributed by atoms with Crippen LogP contribution in [0.2, 0.25) is 0 Å². The summed E-state index contributed by atoms with van der Waals surface area (Å²) in [6.45, 7) is 7.57. The van der Waals surface area contributed by atoms with E-state index < -0.39 is 0 Å². The van der Waals surface area contributed by atoms with Crippen LogP contribution in [0.4, 0.5) is 0 Å². The van der Waals surface area contributed by atoms with Crippen LogP contribution in [0.1, 0.15) is 33.1 Å². The summed E-state index contributed by atoms with van der Waals surface area (Å²) < 4.78 is 5.21. The number of hydrogen-bond acceptors (Lipinski definition) is 3. The highest BCUT2D eigenvalue weighted by Crippen LogP contribution is 1.82. The van der Waals surface area contributed by atoms with Gasteiger partial charge in [0.15, 0.2) is 5.11 Å². The van der Waals surface area contributed by atoms with Crippen LogP contribution in [0.25, 0.3) is 0 Å². The molecule has 0 aromatic rings. The Balaban J connectivity index is 3.33. The molecule has 0 saturated heterocycles. The molecule has 0 atom stereocenters. The van der Waals surface area contributed by atoms with Gasteiger partial charge in [-0.3, -0.25) is 4.79 Å². The Bertz CT molecular complexity index is 237. The average Bonchev–Trinajstić information content (AvgIpc) is 2.36. The van der Waals surface area contributed by atoms with E-state index in [1.807, 2.05) is 13.8 Å². The Labute approximate surface area is 115 Å². The van der Waals surface area contributed by atoms with Crippen molar-refractivity contribution in [3.63, 3.8) is 0 Å². The molecule has 1 amide bonds. The van der Waals surface area contributed by atoms with Gasteiger partial charge in [-0.25, -0.2) is 0 Å². The van der Waals surface area contributed by atoms with Crippen LogP contribution in [0.5, 0.6) is 0 Å². The summed E-state index contributed by atoms with van der Waals surface area (Å²) in [4.78, 5) is 11.3. The molecule has 6 heteroatoms. The van der Waals surface area contributed by atoms with Gasteiger partial charge < -0.3 is 20.7 Å². The van der Waals surface area contributed by atoms with Gasteiger partial charge in [-0.05, 0) is 32.0 Å². The highest BCUT2D eigenvalue weighted by atomic mass is 32.1. The molecule has 0 fully saturated rings. The summed E-state index contributed by atoms with van der Waals surface area (Å²) in [5.41, 5.74) is 0. The van der Waals surface area contributed by atoms with Crippen LogP contribution < -0.4 is 16.0 Å². The molecule has 0 bridgehead atoms. The van der Waals surface area contributed by atoms with Crippen LogP contribution in [-0.2, 0) is 9.53 Å². The van der Waals surface area contributed by atoms with E-state index in [1.165, 1.54) is 0 Å². The number of amides is 1. The zero-order valence-electron chi connectivity index (χ0n) is 11.4. The van der Waals surface area contributed by atoms with E-state index in [0.29, 0.717) is 18.1 Å². The first-order valence-corrected chi connectivity index (χ1v) is 6.97. The fourth-order valence-electron chi connectivity index (χ4n) is 1.23. The van der Waals surface area contributed by atoms with Crippen LogP contribution >= 0.6 is 12.2 Å². The van der Waals surface area contributed by atoms with Crippen LogP contribution in [0.15, 0.2) is 0 Å². The van der Waals surface area contributed by atoms with Crippen molar-refractivity contribution in [3.05, 3.63) is 0 Å². The topological polar surface area (TPSA) is 62.4 Å². The molecule has 0 aromatic heterocycles. The number of carbonyl (C=O) groups excluding carboxylic acids is 1. The van der Waals surface area contributed by atoms with Crippen LogP contribution in [0.3, 0.4) is 0 Å². The lowest BCUT2D eigenvalue weighted by atomic mass is 10.4. The molecule has 0 rings (SSSR count). The highest BCUT2D eigenvalue weighted by Gasteiger charge is 2.00. The van der Waals surface area contributed by atoms with Crippen molar-refractivity contribution in [1.82, 2.24) is 16.0 Å². The van der Waals surface area contributed by atoms with Crippen molar-refractivity contribution in [2.45, 2.75) is 33.1 Å². The van der Waals surface area contributed by atoms with Gasteiger partial charge in [0.1, 0.15) is 0 Å². The standard InChI is InChI=1S/C12H25N3O2S/c1-3-7-13-11(16)6-9-15-12(18)14-8-5-10-17-4-2/h3-10H2,1-2H3,(H,13,16)(H2,14,15,18). The summed E-state index contributed by atoms with van der Waals surface area (Å²) in [6, 6.07) is 0. The maximum absolute atomic E-state index is 11.3. The maximum Gasteiger partial charge on any atom is 0.221 e. The molecule has 0 aliphatic carbocycles. The largest absolute Gasteiger partial charge is 0.382 e. The summed E-state index contributed by atoms with van der Waals surface area (Å²) >= 11 is 5.08. The predicted octanol–water partition coefficient (Wildman–Crippen LogP) is 0.793.